The van der Waals surface area contributed by atoms with Gasteiger partial charge in [0.25, 0.3) is 0 Å². The number of hydrogen-bond acceptors (Lipinski definition) is 4. The van der Waals surface area contributed by atoms with E-state index in [-0.39, 0.29) is 30.0 Å². The van der Waals surface area contributed by atoms with E-state index in [0.29, 0.717) is 13.1 Å². The number of rotatable bonds is 8. The molecule has 1 aliphatic rings. The third-order valence-electron chi connectivity index (χ3n) is 4.86. The Morgan fingerprint density at radius 3 is 2.48 bits per heavy atom. The van der Waals surface area contributed by atoms with Crippen LogP contribution in [0, 0.1) is 5.92 Å². The maximum Gasteiger partial charge on any atom is 0.317 e. The van der Waals surface area contributed by atoms with Crippen LogP contribution < -0.4 is 15.5 Å². The van der Waals surface area contributed by atoms with Crippen LogP contribution in [0.25, 0.3) is 0 Å². The summed E-state index contributed by atoms with van der Waals surface area (Å²) in [4.78, 5) is 28.8. The van der Waals surface area contributed by atoms with Crippen LogP contribution in [0.2, 0.25) is 0 Å². The van der Waals surface area contributed by atoms with Crippen molar-refractivity contribution in [1.29, 1.82) is 0 Å². The maximum atomic E-state index is 12.9. The molecule has 0 aliphatic carbocycles. The zero-order valence-electron chi connectivity index (χ0n) is 18.6. The second kappa shape index (κ2) is 10.5. The van der Waals surface area contributed by atoms with E-state index in [0.717, 1.165) is 36.4 Å². The third kappa shape index (κ3) is 6.92. The molecule has 1 atom stereocenters. The predicted molar refractivity (Wildman–Crippen MR) is 117 cm³/mol. The zero-order valence-corrected chi connectivity index (χ0v) is 18.6. The molecule has 1 aromatic carbocycles. The minimum Gasteiger partial charge on any atom is -0.377 e. The highest BCUT2D eigenvalue weighted by molar-refractivity contribution is 5.92. The molecule has 29 heavy (non-hydrogen) atoms. The molecule has 1 saturated heterocycles. The van der Waals surface area contributed by atoms with Gasteiger partial charge >= 0.3 is 6.03 Å². The molecule has 2 N–H and O–H groups in total. The molecule has 1 unspecified atom stereocenters. The monoisotopic (exact) mass is 404 g/mol. The van der Waals surface area contributed by atoms with Crippen LogP contribution in [0.4, 0.5) is 16.2 Å². The molecule has 1 heterocycles. The van der Waals surface area contributed by atoms with Crippen molar-refractivity contribution in [2.75, 3.05) is 37.5 Å². The minimum atomic E-state index is -0.100. The molecule has 7 nitrogen and oxygen atoms in total. The van der Waals surface area contributed by atoms with E-state index < -0.39 is 0 Å². The Hall–Kier alpha value is -2.28. The molecule has 1 fully saturated rings. The molecule has 0 spiro atoms. The maximum absolute atomic E-state index is 12.9. The highest BCUT2D eigenvalue weighted by Gasteiger charge is 2.24. The number of amides is 3. The molecule has 0 bridgehead atoms. The fourth-order valence-corrected chi connectivity index (χ4v) is 3.31. The van der Waals surface area contributed by atoms with E-state index in [1.807, 2.05) is 69.8 Å². The van der Waals surface area contributed by atoms with Crippen LogP contribution in [0.15, 0.2) is 18.2 Å². The number of hydrogen-bond donors (Lipinski definition) is 2. The normalized spacial score (nSPS) is 16.2. The number of urea groups is 1. The van der Waals surface area contributed by atoms with Crippen LogP contribution in [0.5, 0.6) is 0 Å². The van der Waals surface area contributed by atoms with Crippen molar-refractivity contribution >= 4 is 23.3 Å². The van der Waals surface area contributed by atoms with E-state index in [4.69, 9.17) is 4.74 Å². The van der Waals surface area contributed by atoms with Gasteiger partial charge in [-0.05, 0) is 50.5 Å². The Bertz CT molecular complexity index is 697. The molecule has 1 aromatic rings. The molecular formula is C22H36N4O3. The van der Waals surface area contributed by atoms with Gasteiger partial charge in [-0.3, -0.25) is 4.79 Å². The number of carbonyl (C=O) groups excluding carboxylic acids is 2. The lowest BCUT2D eigenvalue weighted by atomic mass is 10.1. The lowest BCUT2D eigenvalue weighted by molar-refractivity contribution is -0.118. The van der Waals surface area contributed by atoms with Crippen molar-refractivity contribution in [2.24, 2.45) is 5.92 Å². The Kier molecular flexibility index (Phi) is 8.32. The molecule has 162 valence electrons. The van der Waals surface area contributed by atoms with Gasteiger partial charge < -0.3 is 25.2 Å². The Labute approximate surface area is 174 Å². The first kappa shape index (κ1) is 23.0. The van der Waals surface area contributed by atoms with Crippen LogP contribution in [-0.4, -0.2) is 56.2 Å². The highest BCUT2D eigenvalue weighted by atomic mass is 16.5. The highest BCUT2D eigenvalue weighted by Crippen LogP contribution is 2.26. The van der Waals surface area contributed by atoms with Gasteiger partial charge in [-0.2, -0.15) is 0 Å². The van der Waals surface area contributed by atoms with E-state index in [9.17, 15) is 9.59 Å². The topological polar surface area (TPSA) is 73.9 Å². The van der Waals surface area contributed by atoms with Gasteiger partial charge in [0.15, 0.2) is 0 Å². The summed E-state index contributed by atoms with van der Waals surface area (Å²) in [5.41, 5.74) is 2.74. The lowest BCUT2D eigenvalue weighted by Gasteiger charge is -2.29. The molecule has 3 amide bonds. The predicted octanol–water partition coefficient (Wildman–Crippen LogP) is 3.45. The van der Waals surface area contributed by atoms with Crippen molar-refractivity contribution < 1.29 is 14.3 Å². The smallest absolute Gasteiger partial charge is 0.317 e. The van der Waals surface area contributed by atoms with Crippen LogP contribution in [0.1, 0.15) is 46.1 Å². The molecule has 7 heteroatoms. The summed E-state index contributed by atoms with van der Waals surface area (Å²) in [7, 11) is 3.95. The number of nitrogens with one attached hydrogen (secondary N) is 2. The Balaban J connectivity index is 2.27. The summed E-state index contributed by atoms with van der Waals surface area (Å²) >= 11 is 0. The first-order valence-electron chi connectivity index (χ1n) is 10.5. The lowest BCUT2D eigenvalue weighted by Crippen LogP contribution is -2.45. The summed E-state index contributed by atoms with van der Waals surface area (Å²) < 4.78 is 5.77. The van der Waals surface area contributed by atoms with E-state index >= 15 is 0 Å². The average molecular weight is 405 g/mol. The van der Waals surface area contributed by atoms with Crippen molar-refractivity contribution in [2.45, 2.75) is 59.2 Å². The largest absolute Gasteiger partial charge is 0.377 e. The SMILES string of the molecule is CC(C)NC(=O)N(Cc1cc(NC(=O)C(C)C)ccc1N(C)C)CC1CCCO1. The van der Waals surface area contributed by atoms with Crippen LogP contribution in [-0.2, 0) is 16.1 Å². The Morgan fingerprint density at radius 2 is 1.93 bits per heavy atom. The number of ether oxygens (including phenoxy) is 1. The van der Waals surface area contributed by atoms with Crippen molar-refractivity contribution in [3.8, 4) is 0 Å². The third-order valence-corrected chi connectivity index (χ3v) is 4.86. The zero-order chi connectivity index (χ0) is 21.6. The minimum absolute atomic E-state index is 0.0256. The van der Waals surface area contributed by atoms with E-state index in [2.05, 4.69) is 10.6 Å². The summed E-state index contributed by atoms with van der Waals surface area (Å²) in [5, 5.41) is 5.95. The molecular weight excluding hydrogens is 368 g/mol. The average Bonchev–Trinajstić information content (AvgIpc) is 3.13. The summed E-state index contributed by atoms with van der Waals surface area (Å²) in [6.07, 6.45) is 2.07. The Morgan fingerprint density at radius 1 is 1.21 bits per heavy atom. The van der Waals surface area contributed by atoms with Crippen molar-refractivity contribution in [3.63, 3.8) is 0 Å². The fourth-order valence-electron chi connectivity index (χ4n) is 3.31. The summed E-state index contributed by atoms with van der Waals surface area (Å²) in [6.45, 7) is 9.38. The standard InChI is InChI=1S/C22H36N4O3/c1-15(2)21(27)24-18-9-10-20(25(5)6)17(12-18)13-26(22(28)23-16(3)4)14-19-8-7-11-29-19/h9-10,12,15-16,19H,7-8,11,13-14H2,1-6H3,(H,23,28)(H,24,27). The van der Waals surface area contributed by atoms with E-state index in [1.165, 1.54) is 0 Å². The van der Waals surface area contributed by atoms with Crippen molar-refractivity contribution in [1.82, 2.24) is 10.2 Å². The summed E-state index contributed by atoms with van der Waals surface area (Å²) in [6, 6.07) is 5.80. The number of anilines is 2. The van der Waals surface area contributed by atoms with Gasteiger partial charge in [0, 0.05) is 57.1 Å². The van der Waals surface area contributed by atoms with Gasteiger partial charge in [0.05, 0.1) is 6.10 Å². The van der Waals surface area contributed by atoms with Gasteiger partial charge in [-0.25, -0.2) is 4.79 Å². The molecule has 2 rings (SSSR count). The number of nitrogens with zero attached hydrogens (tertiary/aromatic N) is 2. The van der Waals surface area contributed by atoms with Gasteiger partial charge in [0.2, 0.25) is 5.91 Å². The number of carbonyl (C=O) groups is 2. The summed E-state index contributed by atoms with van der Waals surface area (Å²) in [5.74, 6) is -0.123. The molecule has 1 aliphatic heterocycles. The van der Waals surface area contributed by atoms with E-state index in [1.54, 1.807) is 0 Å². The van der Waals surface area contributed by atoms with Crippen LogP contribution >= 0.6 is 0 Å². The quantitative estimate of drug-likeness (QED) is 0.696. The van der Waals surface area contributed by atoms with Gasteiger partial charge in [-0.1, -0.05) is 13.8 Å². The number of benzene rings is 1. The van der Waals surface area contributed by atoms with Gasteiger partial charge in [-0.15, -0.1) is 0 Å². The second-order valence-electron chi connectivity index (χ2n) is 8.50. The first-order valence-corrected chi connectivity index (χ1v) is 10.5. The van der Waals surface area contributed by atoms with Crippen LogP contribution in [0.3, 0.4) is 0 Å². The van der Waals surface area contributed by atoms with Gasteiger partial charge in [0.1, 0.15) is 0 Å². The molecule has 0 aromatic heterocycles. The molecule has 0 radical (unpaired) electrons. The van der Waals surface area contributed by atoms with Crippen molar-refractivity contribution in [3.05, 3.63) is 23.8 Å². The molecule has 0 saturated carbocycles. The second-order valence-corrected chi connectivity index (χ2v) is 8.50. The fraction of sp³-hybridized carbons (Fsp3) is 0.636. The first-order chi connectivity index (χ1) is 13.7.